The summed E-state index contributed by atoms with van der Waals surface area (Å²) in [6.07, 6.45) is 0. The van der Waals surface area contributed by atoms with Crippen molar-refractivity contribution in [3.63, 3.8) is 0 Å². The average Bonchev–Trinajstić information content (AvgIpc) is 2.36. The van der Waals surface area contributed by atoms with Gasteiger partial charge in [-0.25, -0.2) is 0 Å². The topological polar surface area (TPSA) is 40.5 Å². The van der Waals surface area contributed by atoms with Gasteiger partial charge in [-0.2, -0.15) is 0 Å². The van der Waals surface area contributed by atoms with Crippen LogP contribution in [0.25, 0.3) is 11.1 Å². The molecule has 0 heterocycles. The number of benzene rings is 2. The SMILES string of the molecule is Cc1cc(O)c(-c2c(O)cc(C)cc2C(C)(C)C)c(C(C)(C)C)c1. The maximum Gasteiger partial charge on any atom is 0.124 e. The van der Waals surface area contributed by atoms with Crippen molar-refractivity contribution < 1.29 is 10.2 Å². The van der Waals surface area contributed by atoms with E-state index in [1.165, 1.54) is 0 Å². The highest BCUT2D eigenvalue weighted by Gasteiger charge is 2.29. The van der Waals surface area contributed by atoms with E-state index in [0.717, 1.165) is 33.4 Å². The van der Waals surface area contributed by atoms with E-state index in [9.17, 15) is 10.2 Å². The summed E-state index contributed by atoms with van der Waals surface area (Å²) in [6, 6.07) is 7.77. The molecule has 0 unspecified atom stereocenters. The number of aromatic hydroxyl groups is 2. The molecule has 0 atom stereocenters. The van der Waals surface area contributed by atoms with Crippen LogP contribution in [0.4, 0.5) is 0 Å². The van der Waals surface area contributed by atoms with Crippen molar-refractivity contribution in [1.82, 2.24) is 0 Å². The predicted octanol–water partition coefficient (Wildman–Crippen LogP) is 5.98. The van der Waals surface area contributed by atoms with Crippen LogP contribution in [0.15, 0.2) is 24.3 Å². The Morgan fingerprint density at radius 3 is 1.12 bits per heavy atom. The van der Waals surface area contributed by atoms with Gasteiger partial charge in [0, 0.05) is 11.1 Å². The van der Waals surface area contributed by atoms with Crippen LogP contribution in [0, 0.1) is 13.8 Å². The summed E-state index contributed by atoms with van der Waals surface area (Å²) >= 11 is 0. The molecule has 0 fully saturated rings. The molecule has 2 aromatic rings. The number of hydrogen-bond acceptors (Lipinski definition) is 2. The first-order chi connectivity index (χ1) is 10.8. The molecule has 2 heteroatoms. The Morgan fingerprint density at radius 2 is 0.875 bits per heavy atom. The Labute approximate surface area is 146 Å². The largest absolute Gasteiger partial charge is 0.507 e. The normalized spacial score (nSPS) is 12.5. The minimum Gasteiger partial charge on any atom is -0.507 e. The van der Waals surface area contributed by atoms with Gasteiger partial charge >= 0.3 is 0 Å². The Kier molecular flexibility index (Phi) is 4.47. The van der Waals surface area contributed by atoms with E-state index in [-0.39, 0.29) is 22.3 Å². The van der Waals surface area contributed by atoms with Crippen molar-refractivity contribution in [2.75, 3.05) is 0 Å². The molecule has 0 aromatic heterocycles. The Hall–Kier alpha value is -1.96. The molecule has 0 saturated heterocycles. The second-order valence-electron chi connectivity index (χ2n) is 8.91. The zero-order valence-corrected chi connectivity index (χ0v) is 16.2. The van der Waals surface area contributed by atoms with E-state index in [0.29, 0.717) is 0 Å². The molecule has 0 aliphatic heterocycles. The van der Waals surface area contributed by atoms with Crippen LogP contribution in [-0.2, 0) is 10.8 Å². The maximum atomic E-state index is 10.8. The van der Waals surface area contributed by atoms with Gasteiger partial charge in [0.25, 0.3) is 0 Å². The van der Waals surface area contributed by atoms with Crippen LogP contribution in [0.2, 0.25) is 0 Å². The minimum atomic E-state index is -0.148. The van der Waals surface area contributed by atoms with Crippen LogP contribution in [-0.4, -0.2) is 10.2 Å². The van der Waals surface area contributed by atoms with Crippen LogP contribution in [0.1, 0.15) is 63.8 Å². The third-order valence-corrected chi connectivity index (χ3v) is 4.39. The summed E-state index contributed by atoms with van der Waals surface area (Å²) < 4.78 is 0. The van der Waals surface area contributed by atoms with Crippen molar-refractivity contribution >= 4 is 0 Å². The van der Waals surface area contributed by atoms with Gasteiger partial charge in [-0.15, -0.1) is 0 Å². The molecule has 2 aromatic carbocycles. The zero-order chi connectivity index (χ0) is 18.4. The van der Waals surface area contributed by atoms with Gasteiger partial charge in [0.05, 0.1) is 0 Å². The van der Waals surface area contributed by atoms with E-state index < -0.39 is 0 Å². The first-order valence-electron chi connectivity index (χ1n) is 8.51. The van der Waals surface area contributed by atoms with Gasteiger partial charge in [-0.1, -0.05) is 53.7 Å². The molecular weight excluding hydrogens is 296 g/mol. The Balaban J connectivity index is 2.98. The molecule has 2 N–H and O–H groups in total. The number of aryl methyl sites for hydroxylation is 2. The first-order valence-corrected chi connectivity index (χ1v) is 8.51. The number of rotatable bonds is 1. The molecule has 0 saturated carbocycles. The third kappa shape index (κ3) is 3.43. The summed E-state index contributed by atoms with van der Waals surface area (Å²) in [7, 11) is 0. The van der Waals surface area contributed by atoms with Crippen molar-refractivity contribution in [1.29, 1.82) is 0 Å². The van der Waals surface area contributed by atoms with Gasteiger partial charge in [0.1, 0.15) is 11.5 Å². The molecule has 0 amide bonds. The molecule has 2 nitrogen and oxygen atoms in total. The van der Waals surface area contributed by atoms with Crippen LogP contribution >= 0.6 is 0 Å². The van der Waals surface area contributed by atoms with E-state index >= 15 is 0 Å². The van der Waals surface area contributed by atoms with Gasteiger partial charge in [0.15, 0.2) is 0 Å². The molecule has 0 radical (unpaired) electrons. The van der Waals surface area contributed by atoms with Crippen LogP contribution in [0.5, 0.6) is 11.5 Å². The molecule has 130 valence electrons. The maximum absolute atomic E-state index is 10.8. The summed E-state index contributed by atoms with van der Waals surface area (Å²) in [6.45, 7) is 16.8. The highest BCUT2D eigenvalue weighted by molar-refractivity contribution is 5.83. The molecular formula is C22H30O2. The average molecular weight is 326 g/mol. The van der Waals surface area contributed by atoms with E-state index in [2.05, 4.69) is 53.7 Å². The van der Waals surface area contributed by atoms with E-state index in [1.54, 1.807) is 12.1 Å². The van der Waals surface area contributed by atoms with Crippen molar-refractivity contribution in [2.45, 2.75) is 66.2 Å². The summed E-state index contributed by atoms with van der Waals surface area (Å²) in [5.41, 5.74) is 5.33. The van der Waals surface area contributed by atoms with Crippen molar-refractivity contribution in [2.24, 2.45) is 0 Å². The number of phenolic OH excluding ortho intramolecular Hbond substituents is 2. The highest BCUT2D eigenvalue weighted by atomic mass is 16.3. The Bertz CT molecular complexity index is 705. The van der Waals surface area contributed by atoms with Crippen LogP contribution in [0.3, 0.4) is 0 Å². The van der Waals surface area contributed by atoms with Gasteiger partial charge < -0.3 is 10.2 Å². The second kappa shape index (κ2) is 5.84. The summed E-state index contributed by atoms with van der Waals surface area (Å²) in [5.74, 6) is 0.453. The lowest BCUT2D eigenvalue weighted by molar-refractivity contribution is 0.462. The van der Waals surface area contributed by atoms with Crippen molar-refractivity contribution in [3.8, 4) is 22.6 Å². The lowest BCUT2D eigenvalue weighted by Gasteiger charge is -2.29. The third-order valence-electron chi connectivity index (χ3n) is 4.39. The number of phenols is 2. The van der Waals surface area contributed by atoms with Gasteiger partial charge in [-0.3, -0.25) is 0 Å². The first kappa shape index (κ1) is 18.4. The monoisotopic (exact) mass is 326 g/mol. The molecule has 0 spiro atoms. The molecule has 0 aliphatic carbocycles. The lowest BCUT2D eigenvalue weighted by atomic mass is 9.75. The lowest BCUT2D eigenvalue weighted by Crippen LogP contribution is -2.17. The highest BCUT2D eigenvalue weighted by Crippen LogP contribution is 2.47. The molecule has 24 heavy (non-hydrogen) atoms. The number of hydrogen-bond donors (Lipinski definition) is 2. The zero-order valence-electron chi connectivity index (χ0n) is 16.2. The van der Waals surface area contributed by atoms with Gasteiger partial charge in [-0.05, 0) is 59.1 Å². The second-order valence-corrected chi connectivity index (χ2v) is 8.91. The fraction of sp³-hybridized carbons (Fsp3) is 0.455. The summed E-state index contributed by atoms with van der Waals surface area (Å²) in [5, 5.41) is 21.5. The van der Waals surface area contributed by atoms with Crippen LogP contribution < -0.4 is 0 Å². The fourth-order valence-corrected chi connectivity index (χ4v) is 3.24. The minimum absolute atomic E-state index is 0.148. The predicted molar refractivity (Wildman–Crippen MR) is 102 cm³/mol. The molecule has 0 bridgehead atoms. The van der Waals surface area contributed by atoms with Gasteiger partial charge in [0.2, 0.25) is 0 Å². The quantitative estimate of drug-likeness (QED) is 0.677. The van der Waals surface area contributed by atoms with Crippen molar-refractivity contribution in [3.05, 3.63) is 46.5 Å². The molecule has 2 rings (SSSR count). The smallest absolute Gasteiger partial charge is 0.124 e. The van der Waals surface area contributed by atoms with E-state index in [1.807, 2.05) is 13.8 Å². The van der Waals surface area contributed by atoms with E-state index in [4.69, 9.17) is 0 Å². The standard InChI is InChI=1S/C22H30O2/c1-13-9-15(21(3,4)5)19(17(23)11-13)20-16(22(6,7)8)10-14(2)12-18(20)24/h9-12,23-24H,1-8H3. The Morgan fingerprint density at radius 1 is 0.583 bits per heavy atom. The summed E-state index contributed by atoms with van der Waals surface area (Å²) in [4.78, 5) is 0. The molecule has 0 aliphatic rings. The fourth-order valence-electron chi connectivity index (χ4n) is 3.24.